The molecule has 0 aliphatic heterocycles. The molecule has 0 saturated heterocycles. The molecule has 3 aliphatic rings. The van der Waals surface area contributed by atoms with Crippen LogP contribution in [-0.4, -0.2) is 26.9 Å². The van der Waals surface area contributed by atoms with Crippen LogP contribution in [0.25, 0.3) is 0 Å². The van der Waals surface area contributed by atoms with Gasteiger partial charge in [0.2, 0.25) is 0 Å². The summed E-state index contributed by atoms with van der Waals surface area (Å²) < 4.78 is 5.52. The Labute approximate surface area is 115 Å². The largest absolute Gasteiger partial charge is 0.494 e. The van der Waals surface area contributed by atoms with Crippen molar-refractivity contribution >= 4 is 11.8 Å². The molecule has 1 heterocycles. The second-order valence-corrected chi connectivity index (χ2v) is 6.32. The molecule has 1 fully saturated rings. The highest BCUT2D eigenvalue weighted by Gasteiger charge is 2.64. The van der Waals surface area contributed by atoms with Gasteiger partial charge in [-0.3, -0.25) is 14.6 Å². The van der Waals surface area contributed by atoms with E-state index in [2.05, 4.69) is 4.98 Å². The first kappa shape index (κ1) is 13.0. The van der Waals surface area contributed by atoms with Crippen LogP contribution in [0.2, 0.25) is 0 Å². The summed E-state index contributed by atoms with van der Waals surface area (Å²) in [5.41, 5.74) is -0.997. The zero-order chi connectivity index (χ0) is 14.9. The molecule has 2 atom stereocenters. The van der Waals surface area contributed by atoms with E-state index in [0.29, 0.717) is 17.5 Å². The summed E-state index contributed by atoms with van der Waals surface area (Å²) in [4.78, 5) is 26.2. The lowest BCUT2D eigenvalue weighted by molar-refractivity contribution is -0.189. The van der Waals surface area contributed by atoms with Crippen LogP contribution in [0.4, 0.5) is 0 Å². The van der Waals surface area contributed by atoms with Crippen molar-refractivity contribution in [2.45, 2.75) is 45.1 Å². The number of fused-ring (bicyclic) bond motifs is 2. The van der Waals surface area contributed by atoms with E-state index < -0.39 is 22.9 Å². The van der Waals surface area contributed by atoms with Gasteiger partial charge in [-0.05, 0) is 6.42 Å². The predicted octanol–water partition coefficient (Wildman–Crippen LogP) is 1.67. The molecule has 6 nitrogen and oxygen atoms in total. The van der Waals surface area contributed by atoms with Crippen molar-refractivity contribution in [3.05, 3.63) is 11.1 Å². The summed E-state index contributed by atoms with van der Waals surface area (Å²) in [7, 11) is 0. The highest BCUT2D eigenvalue weighted by molar-refractivity contribution is 5.93. The lowest BCUT2D eigenvalue weighted by atomic mass is 9.52. The van der Waals surface area contributed by atoms with E-state index >= 15 is 0 Å². The summed E-state index contributed by atoms with van der Waals surface area (Å²) >= 11 is 0. The minimum absolute atomic E-state index is 0.0299. The van der Waals surface area contributed by atoms with Gasteiger partial charge in [-0.2, -0.15) is 0 Å². The molecule has 1 aromatic rings. The van der Waals surface area contributed by atoms with Gasteiger partial charge in [-0.25, -0.2) is 0 Å². The van der Waals surface area contributed by atoms with Crippen molar-refractivity contribution in [1.29, 1.82) is 0 Å². The number of carbonyl (C=O) groups excluding carboxylic acids is 2. The second kappa shape index (κ2) is 3.56. The van der Waals surface area contributed by atoms with E-state index in [1.165, 1.54) is 6.92 Å². The summed E-state index contributed by atoms with van der Waals surface area (Å²) in [6.45, 7) is 5.09. The molecule has 4 rings (SSSR count). The Bertz CT molecular complexity index is 630. The molecular weight excluding hydrogens is 262 g/mol. The Morgan fingerprint density at radius 1 is 1.35 bits per heavy atom. The first-order valence-electron chi connectivity index (χ1n) is 6.56. The Balaban J connectivity index is 2.33. The van der Waals surface area contributed by atoms with Crippen LogP contribution in [0.5, 0.6) is 11.8 Å². The molecule has 1 saturated carbocycles. The molecule has 0 amide bonds. The molecule has 20 heavy (non-hydrogen) atoms. The summed E-state index contributed by atoms with van der Waals surface area (Å²) in [6.07, 6.45) is 0.499. The number of ketones is 1. The fourth-order valence-corrected chi connectivity index (χ4v) is 3.79. The highest BCUT2D eigenvalue weighted by Crippen LogP contribution is 2.64. The molecule has 0 spiro atoms. The van der Waals surface area contributed by atoms with Crippen LogP contribution in [0.15, 0.2) is 0 Å². The van der Waals surface area contributed by atoms with E-state index in [4.69, 9.17) is 4.74 Å². The normalized spacial score (nSPS) is 30.1. The van der Waals surface area contributed by atoms with Crippen LogP contribution in [0.1, 0.15) is 50.7 Å². The SMILES string of the molecule is CC(=O)OC12CC(=O)C(CC1(C)C)c1c(O)[nH]c(O)c12. The lowest BCUT2D eigenvalue weighted by Crippen LogP contribution is -2.56. The van der Waals surface area contributed by atoms with Crippen molar-refractivity contribution in [3.63, 3.8) is 0 Å². The number of ether oxygens (including phenoxy) is 1. The van der Waals surface area contributed by atoms with Gasteiger partial charge in [0.15, 0.2) is 17.4 Å². The number of rotatable bonds is 1. The lowest BCUT2D eigenvalue weighted by Gasteiger charge is -2.54. The topological polar surface area (TPSA) is 99.6 Å². The van der Waals surface area contributed by atoms with E-state index in [0.717, 1.165) is 0 Å². The zero-order valence-corrected chi connectivity index (χ0v) is 11.6. The number of carbonyl (C=O) groups is 2. The molecule has 1 aromatic heterocycles. The standard InChI is InChI=1S/C14H17NO5/c1-6(16)20-14-5-8(17)7(4-13(14,2)3)9-10(14)12(19)15-11(9)18/h7,15,18-19H,4-5H2,1-3H3. The number of aromatic amines is 1. The molecule has 0 aromatic carbocycles. The maximum absolute atomic E-state index is 12.3. The van der Waals surface area contributed by atoms with Crippen LogP contribution >= 0.6 is 0 Å². The minimum Gasteiger partial charge on any atom is -0.494 e. The summed E-state index contributed by atoms with van der Waals surface area (Å²) in [5.74, 6) is -1.51. The van der Waals surface area contributed by atoms with E-state index in [1.54, 1.807) is 0 Å². The molecule has 0 radical (unpaired) electrons. The number of aromatic nitrogens is 1. The van der Waals surface area contributed by atoms with Gasteiger partial charge in [0.05, 0.1) is 12.0 Å². The third kappa shape index (κ3) is 1.34. The molecule has 6 heteroatoms. The third-order valence-corrected chi connectivity index (χ3v) is 4.69. The number of esters is 1. The number of aromatic hydroxyl groups is 2. The monoisotopic (exact) mass is 279 g/mol. The fourth-order valence-electron chi connectivity index (χ4n) is 3.79. The first-order valence-corrected chi connectivity index (χ1v) is 6.56. The van der Waals surface area contributed by atoms with Gasteiger partial charge >= 0.3 is 5.97 Å². The number of Topliss-reactive ketones (excluding diaryl/α,β-unsaturated/α-hetero) is 1. The average molecular weight is 279 g/mol. The molecular formula is C14H17NO5. The number of hydrogen-bond donors (Lipinski definition) is 3. The summed E-state index contributed by atoms with van der Waals surface area (Å²) in [5, 5.41) is 20.0. The quantitative estimate of drug-likeness (QED) is 0.679. The Hall–Kier alpha value is -1.98. The van der Waals surface area contributed by atoms with E-state index in [1.807, 2.05) is 13.8 Å². The van der Waals surface area contributed by atoms with Crippen molar-refractivity contribution in [2.75, 3.05) is 0 Å². The smallest absolute Gasteiger partial charge is 0.303 e. The Morgan fingerprint density at radius 3 is 2.60 bits per heavy atom. The molecule has 2 bridgehead atoms. The van der Waals surface area contributed by atoms with Crippen molar-refractivity contribution in [1.82, 2.24) is 4.98 Å². The van der Waals surface area contributed by atoms with E-state index in [9.17, 15) is 19.8 Å². The fraction of sp³-hybridized carbons (Fsp3) is 0.571. The van der Waals surface area contributed by atoms with Crippen LogP contribution < -0.4 is 0 Å². The summed E-state index contributed by atoms with van der Waals surface area (Å²) in [6, 6.07) is 0. The second-order valence-electron chi connectivity index (χ2n) is 6.32. The van der Waals surface area contributed by atoms with Crippen LogP contribution in [-0.2, 0) is 19.9 Å². The number of H-pyrrole nitrogens is 1. The van der Waals surface area contributed by atoms with Gasteiger partial charge in [-0.1, -0.05) is 13.8 Å². The Morgan fingerprint density at radius 2 is 2.00 bits per heavy atom. The Kier molecular flexibility index (Phi) is 2.32. The van der Waals surface area contributed by atoms with Gasteiger partial charge in [0, 0.05) is 23.8 Å². The number of hydrogen-bond acceptors (Lipinski definition) is 5. The first-order chi connectivity index (χ1) is 9.19. The van der Waals surface area contributed by atoms with Gasteiger partial charge in [0.1, 0.15) is 5.78 Å². The molecule has 3 N–H and O–H groups in total. The van der Waals surface area contributed by atoms with Gasteiger partial charge in [-0.15, -0.1) is 0 Å². The zero-order valence-electron chi connectivity index (χ0n) is 11.6. The molecule has 108 valence electrons. The van der Waals surface area contributed by atoms with Crippen LogP contribution in [0.3, 0.4) is 0 Å². The molecule has 2 unspecified atom stereocenters. The van der Waals surface area contributed by atoms with E-state index in [-0.39, 0.29) is 24.0 Å². The van der Waals surface area contributed by atoms with Crippen LogP contribution in [0, 0.1) is 5.41 Å². The van der Waals surface area contributed by atoms with Gasteiger partial charge in [0.25, 0.3) is 0 Å². The van der Waals surface area contributed by atoms with Gasteiger partial charge < -0.3 is 14.9 Å². The number of nitrogens with one attached hydrogen (secondary N) is 1. The average Bonchev–Trinajstić information content (AvgIpc) is 2.58. The molecule has 3 aliphatic carbocycles. The van der Waals surface area contributed by atoms with Crippen molar-refractivity contribution in [3.8, 4) is 11.8 Å². The van der Waals surface area contributed by atoms with Crippen molar-refractivity contribution in [2.24, 2.45) is 5.41 Å². The minimum atomic E-state index is -1.22. The predicted molar refractivity (Wildman–Crippen MR) is 68.3 cm³/mol. The maximum atomic E-state index is 12.3. The van der Waals surface area contributed by atoms with Crippen molar-refractivity contribution < 1.29 is 24.5 Å². The highest BCUT2D eigenvalue weighted by atomic mass is 16.6. The third-order valence-electron chi connectivity index (χ3n) is 4.69. The maximum Gasteiger partial charge on any atom is 0.303 e.